The minimum atomic E-state index is 0.196. The Labute approximate surface area is 75.7 Å². The molecule has 0 bridgehead atoms. The third-order valence-electron chi connectivity index (χ3n) is 1.29. The molecule has 0 unspecified atom stereocenters. The molecule has 1 rings (SSSR count). The zero-order valence-electron chi connectivity index (χ0n) is 7.27. The molecule has 0 atom stereocenters. The van der Waals surface area contributed by atoms with Gasteiger partial charge in [0.15, 0.2) is 6.29 Å². The quantitative estimate of drug-likeness (QED) is 0.484. The number of carbonyl (C=O) groups is 1. The number of rotatable bonds is 5. The van der Waals surface area contributed by atoms with Gasteiger partial charge >= 0.3 is 6.01 Å². The molecule has 0 amide bonds. The Bertz CT molecular complexity index is 278. The molecule has 0 aliphatic carbocycles. The van der Waals surface area contributed by atoms with Crippen molar-refractivity contribution in [2.45, 2.75) is 0 Å². The van der Waals surface area contributed by atoms with Gasteiger partial charge in [0.2, 0.25) is 0 Å². The summed E-state index contributed by atoms with van der Waals surface area (Å²) in [6.07, 6.45) is 2.11. The van der Waals surface area contributed by atoms with E-state index >= 15 is 0 Å². The van der Waals surface area contributed by atoms with Crippen molar-refractivity contribution in [3.63, 3.8) is 0 Å². The van der Waals surface area contributed by atoms with E-state index in [1.807, 2.05) is 0 Å². The summed E-state index contributed by atoms with van der Waals surface area (Å²) in [6.45, 7) is 0.841. The Morgan fingerprint density at radius 2 is 2.38 bits per heavy atom. The van der Waals surface area contributed by atoms with Gasteiger partial charge in [-0.25, -0.2) is 4.98 Å². The van der Waals surface area contributed by atoms with Crippen LogP contribution in [0.5, 0.6) is 6.01 Å². The van der Waals surface area contributed by atoms with Crippen LogP contribution in [0.1, 0.15) is 10.5 Å². The summed E-state index contributed by atoms with van der Waals surface area (Å²) in [5, 5.41) is 0. The maximum atomic E-state index is 10.3. The summed E-state index contributed by atoms with van der Waals surface area (Å²) in [7, 11) is 1.58. The summed E-state index contributed by atoms with van der Waals surface area (Å²) in [5.41, 5.74) is 0.308. The van der Waals surface area contributed by atoms with Gasteiger partial charge < -0.3 is 9.47 Å². The Morgan fingerprint density at radius 1 is 1.54 bits per heavy atom. The highest BCUT2D eigenvalue weighted by molar-refractivity contribution is 5.71. The molecule has 1 aromatic rings. The van der Waals surface area contributed by atoms with Gasteiger partial charge in [-0.3, -0.25) is 4.79 Å². The van der Waals surface area contributed by atoms with Crippen molar-refractivity contribution in [2.75, 3.05) is 20.3 Å². The molecule has 1 aromatic heterocycles. The van der Waals surface area contributed by atoms with Crippen molar-refractivity contribution in [3.05, 3.63) is 18.0 Å². The van der Waals surface area contributed by atoms with Crippen LogP contribution in [0.4, 0.5) is 0 Å². The van der Waals surface area contributed by atoms with Crippen molar-refractivity contribution in [3.8, 4) is 6.01 Å². The molecule has 5 nitrogen and oxygen atoms in total. The molecule has 0 aliphatic heterocycles. The second kappa shape index (κ2) is 5.21. The van der Waals surface area contributed by atoms with Crippen molar-refractivity contribution < 1.29 is 14.3 Å². The Hall–Kier alpha value is -1.49. The van der Waals surface area contributed by atoms with Crippen LogP contribution in [0.15, 0.2) is 12.3 Å². The first-order valence-electron chi connectivity index (χ1n) is 3.77. The third-order valence-corrected chi connectivity index (χ3v) is 1.29. The molecule has 0 spiro atoms. The largest absolute Gasteiger partial charge is 0.461 e. The van der Waals surface area contributed by atoms with Gasteiger partial charge in [0.25, 0.3) is 0 Å². The molecular weight excluding hydrogens is 172 g/mol. The van der Waals surface area contributed by atoms with Crippen LogP contribution in [-0.4, -0.2) is 36.6 Å². The van der Waals surface area contributed by atoms with Crippen molar-refractivity contribution in [1.82, 2.24) is 9.97 Å². The number of nitrogens with zero attached hydrogens (tertiary/aromatic N) is 2. The molecule has 13 heavy (non-hydrogen) atoms. The predicted octanol–water partition coefficient (Wildman–Crippen LogP) is 0.314. The van der Waals surface area contributed by atoms with Crippen LogP contribution in [-0.2, 0) is 4.74 Å². The molecule has 0 fully saturated rings. The monoisotopic (exact) mass is 182 g/mol. The smallest absolute Gasteiger partial charge is 0.317 e. The van der Waals surface area contributed by atoms with Crippen LogP contribution < -0.4 is 4.74 Å². The number of ether oxygens (including phenoxy) is 2. The zero-order valence-corrected chi connectivity index (χ0v) is 7.27. The number of aromatic nitrogens is 2. The maximum Gasteiger partial charge on any atom is 0.317 e. The van der Waals surface area contributed by atoms with Crippen LogP contribution in [0.25, 0.3) is 0 Å². The zero-order chi connectivity index (χ0) is 9.52. The number of hydrogen-bond donors (Lipinski definition) is 0. The molecule has 0 radical (unpaired) electrons. The first-order chi connectivity index (χ1) is 6.36. The van der Waals surface area contributed by atoms with E-state index < -0.39 is 0 Å². The second-order valence-electron chi connectivity index (χ2n) is 2.22. The first-order valence-corrected chi connectivity index (χ1v) is 3.77. The Morgan fingerprint density at radius 3 is 3.08 bits per heavy atom. The highest BCUT2D eigenvalue weighted by Gasteiger charge is 1.98. The SMILES string of the molecule is COCCOc1nccc(C=O)n1. The topological polar surface area (TPSA) is 61.3 Å². The fourth-order valence-electron chi connectivity index (χ4n) is 0.705. The van der Waals surface area contributed by atoms with E-state index in [1.54, 1.807) is 7.11 Å². The lowest BCUT2D eigenvalue weighted by Gasteiger charge is -2.02. The van der Waals surface area contributed by atoms with E-state index in [1.165, 1.54) is 12.3 Å². The fourth-order valence-corrected chi connectivity index (χ4v) is 0.705. The number of methoxy groups -OCH3 is 1. The number of aldehydes is 1. The lowest BCUT2D eigenvalue weighted by Crippen LogP contribution is -2.07. The molecule has 0 aliphatic rings. The van der Waals surface area contributed by atoms with E-state index in [0.717, 1.165) is 0 Å². The average Bonchev–Trinajstić information content (AvgIpc) is 2.19. The third kappa shape index (κ3) is 3.16. The van der Waals surface area contributed by atoms with Crippen LogP contribution in [0.3, 0.4) is 0 Å². The summed E-state index contributed by atoms with van der Waals surface area (Å²) >= 11 is 0. The molecule has 0 N–H and O–H groups in total. The van der Waals surface area contributed by atoms with E-state index in [-0.39, 0.29) is 6.01 Å². The first kappa shape index (κ1) is 9.60. The number of carbonyl (C=O) groups excluding carboxylic acids is 1. The van der Waals surface area contributed by atoms with E-state index in [2.05, 4.69) is 9.97 Å². The van der Waals surface area contributed by atoms with E-state index in [9.17, 15) is 4.79 Å². The molecular formula is C8H10N2O3. The van der Waals surface area contributed by atoms with Crippen molar-refractivity contribution in [1.29, 1.82) is 0 Å². The molecule has 5 heteroatoms. The molecule has 0 aromatic carbocycles. The van der Waals surface area contributed by atoms with Crippen molar-refractivity contribution >= 4 is 6.29 Å². The van der Waals surface area contributed by atoms with Gasteiger partial charge in [0.05, 0.1) is 6.61 Å². The highest BCUT2D eigenvalue weighted by Crippen LogP contribution is 2.00. The standard InChI is InChI=1S/C8H10N2O3/c1-12-4-5-13-8-9-3-2-7(6-11)10-8/h2-3,6H,4-5H2,1H3. The minimum absolute atomic E-state index is 0.196. The van der Waals surface area contributed by atoms with Crippen molar-refractivity contribution in [2.24, 2.45) is 0 Å². The van der Waals surface area contributed by atoms with E-state index in [4.69, 9.17) is 9.47 Å². The second-order valence-corrected chi connectivity index (χ2v) is 2.22. The van der Waals surface area contributed by atoms with Gasteiger partial charge in [0.1, 0.15) is 12.3 Å². The molecule has 70 valence electrons. The normalized spacial score (nSPS) is 9.62. The van der Waals surface area contributed by atoms with E-state index in [0.29, 0.717) is 25.2 Å². The van der Waals surface area contributed by atoms with Crippen LogP contribution >= 0.6 is 0 Å². The highest BCUT2D eigenvalue weighted by atomic mass is 16.5. The minimum Gasteiger partial charge on any atom is -0.461 e. The molecule has 0 saturated heterocycles. The molecule has 1 heterocycles. The van der Waals surface area contributed by atoms with Crippen LogP contribution in [0, 0.1) is 0 Å². The van der Waals surface area contributed by atoms with Gasteiger partial charge in [0, 0.05) is 13.3 Å². The van der Waals surface area contributed by atoms with Crippen LogP contribution in [0.2, 0.25) is 0 Å². The van der Waals surface area contributed by atoms with Gasteiger partial charge in [-0.05, 0) is 6.07 Å². The lowest BCUT2D eigenvalue weighted by atomic mass is 10.4. The average molecular weight is 182 g/mol. The van der Waals surface area contributed by atoms with Gasteiger partial charge in [-0.1, -0.05) is 0 Å². The summed E-state index contributed by atoms with van der Waals surface area (Å²) in [6, 6.07) is 1.71. The Kier molecular flexibility index (Phi) is 3.84. The maximum absolute atomic E-state index is 10.3. The van der Waals surface area contributed by atoms with Gasteiger partial charge in [-0.2, -0.15) is 4.98 Å². The van der Waals surface area contributed by atoms with Gasteiger partial charge in [-0.15, -0.1) is 0 Å². The molecule has 0 saturated carbocycles. The lowest BCUT2D eigenvalue weighted by molar-refractivity contribution is 0.111. The summed E-state index contributed by atoms with van der Waals surface area (Å²) < 4.78 is 9.85. The summed E-state index contributed by atoms with van der Waals surface area (Å²) in [5.74, 6) is 0. The summed E-state index contributed by atoms with van der Waals surface area (Å²) in [4.78, 5) is 17.9. The fraction of sp³-hybridized carbons (Fsp3) is 0.375. The Balaban J connectivity index is 2.51. The number of hydrogen-bond acceptors (Lipinski definition) is 5. The predicted molar refractivity (Wildman–Crippen MR) is 44.8 cm³/mol.